The Hall–Kier alpha value is -1.14. The van der Waals surface area contributed by atoms with Crippen LogP contribution < -0.4 is 4.90 Å². The van der Waals surface area contributed by atoms with Crippen LogP contribution in [0, 0.1) is 0 Å². The standard InChI is InChI=1S/C15H18ClN3OS/c16-13-3-1-12(2-4-13)14(20)11-18-6-8-19(9-7-18)15-17-5-10-21-15/h1-5,10,14,20H,6-9,11H2/t14-/m0/s1. The molecule has 1 aliphatic rings. The number of halogens is 1. The van der Waals surface area contributed by atoms with Gasteiger partial charge < -0.3 is 10.0 Å². The summed E-state index contributed by atoms with van der Waals surface area (Å²) in [6, 6.07) is 7.42. The first-order valence-corrected chi connectivity index (χ1v) is 8.28. The molecular weight excluding hydrogens is 306 g/mol. The molecule has 4 nitrogen and oxygen atoms in total. The molecule has 6 heteroatoms. The van der Waals surface area contributed by atoms with E-state index in [1.807, 2.05) is 35.8 Å². The van der Waals surface area contributed by atoms with Crippen molar-refractivity contribution in [1.29, 1.82) is 0 Å². The van der Waals surface area contributed by atoms with E-state index in [1.165, 1.54) is 0 Å². The van der Waals surface area contributed by atoms with E-state index < -0.39 is 6.10 Å². The second-order valence-electron chi connectivity index (χ2n) is 5.17. The number of nitrogens with zero attached hydrogens (tertiary/aromatic N) is 3. The van der Waals surface area contributed by atoms with Gasteiger partial charge in [0.05, 0.1) is 6.10 Å². The lowest BCUT2D eigenvalue weighted by Gasteiger charge is -2.35. The van der Waals surface area contributed by atoms with Gasteiger partial charge in [-0.1, -0.05) is 23.7 Å². The molecule has 1 aliphatic heterocycles. The molecule has 3 rings (SSSR count). The zero-order valence-electron chi connectivity index (χ0n) is 11.7. The average Bonchev–Trinajstić information content (AvgIpc) is 3.03. The summed E-state index contributed by atoms with van der Waals surface area (Å²) in [4.78, 5) is 8.94. The van der Waals surface area contributed by atoms with Crippen LogP contribution in [0.15, 0.2) is 35.8 Å². The van der Waals surface area contributed by atoms with Crippen LogP contribution in [0.3, 0.4) is 0 Å². The Kier molecular flexibility index (Phi) is 4.75. The molecule has 112 valence electrons. The van der Waals surface area contributed by atoms with Crippen molar-refractivity contribution in [2.75, 3.05) is 37.6 Å². The van der Waals surface area contributed by atoms with E-state index >= 15 is 0 Å². The minimum Gasteiger partial charge on any atom is -0.387 e. The first-order chi connectivity index (χ1) is 10.2. The van der Waals surface area contributed by atoms with Gasteiger partial charge in [0.1, 0.15) is 0 Å². The van der Waals surface area contributed by atoms with Crippen LogP contribution in [0.1, 0.15) is 11.7 Å². The fraction of sp³-hybridized carbons (Fsp3) is 0.400. The average molecular weight is 324 g/mol. The molecule has 1 atom stereocenters. The van der Waals surface area contributed by atoms with Crippen molar-refractivity contribution in [3.63, 3.8) is 0 Å². The number of aliphatic hydroxyl groups is 1. The largest absolute Gasteiger partial charge is 0.387 e. The van der Waals surface area contributed by atoms with E-state index in [0.717, 1.165) is 36.9 Å². The van der Waals surface area contributed by atoms with Gasteiger partial charge in [0.2, 0.25) is 0 Å². The number of rotatable bonds is 4. The minimum absolute atomic E-state index is 0.464. The lowest BCUT2D eigenvalue weighted by Crippen LogP contribution is -2.47. The number of benzene rings is 1. The van der Waals surface area contributed by atoms with E-state index in [9.17, 15) is 5.11 Å². The summed E-state index contributed by atoms with van der Waals surface area (Å²) >= 11 is 7.55. The zero-order chi connectivity index (χ0) is 14.7. The summed E-state index contributed by atoms with van der Waals surface area (Å²) in [7, 11) is 0. The highest BCUT2D eigenvalue weighted by molar-refractivity contribution is 7.13. The molecule has 1 aromatic carbocycles. The fourth-order valence-electron chi connectivity index (χ4n) is 2.53. The SMILES string of the molecule is O[C@@H](CN1CCN(c2nccs2)CC1)c1ccc(Cl)cc1. The highest BCUT2D eigenvalue weighted by atomic mass is 35.5. The number of piperazine rings is 1. The number of anilines is 1. The summed E-state index contributed by atoms with van der Waals surface area (Å²) in [5.74, 6) is 0. The number of thiazole rings is 1. The summed E-state index contributed by atoms with van der Waals surface area (Å²) in [5.41, 5.74) is 0.918. The first kappa shape index (κ1) is 14.8. The number of hydrogen-bond donors (Lipinski definition) is 1. The van der Waals surface area contributed by atoms with Gasteiger partial charge in [0.25, 0.3) is 0 Å². The molecule has 0 bridgehead atoms. The highest BCUT2D eigenvalue weighted by Gasteiger charge is 2.21. The van der Waals surface area contributed by atoms with Crippen molar-refractivity contribution in [3.8, 4) is 0 Å². The summed E-state index contributed by atoms with van der Waals surface area (Å²) < 4.78 is 0. The maximum atomic E-state index is 10.3. The number of hydrogen-bond acceptors (Lipinski definition) is 5. The maximum Gasteiger partial charge on any atom is 0.185 e. The predicted octanol–water partition coefficient (Wildman–Crippen LogP) is 2.65. The molecule has 0 spiro atoms. The van der Waals surface area contributed by atoms with Crippen LogP contribution >= 0.6 is 22.9 Å². The van der Waals surface area contributed by atoms with Crippen molar-refractivity contribution < 1.29 is 5.11 Å². The summed E-state index contributed by atoms with van der Waals surface area (Å²) in [6.45, 7) is 4.48. The van der Waals surface area contributed by atoms with Crippen molar-refractivity contribution in [3.05, 3.63) is 46.4 Å². The molecular formula is C15H18ClN3OS. The zero-order valence-corrected chi connectivity index (χ0v) is 13.2. The quantitative estimate of drug-likeness (QED) is 0.939. The molecule has 2 heterocycles. The van der Waals surface area contributed by atoms with Gasteiger partial charge in [-0.15, -0.1) is 11.3 Å². The smallest absolute Gasteiger partial charge is 0.185 e. The maximum absolute atomic E-state index is 10.3. The summed E-state index contributed by atoms with van der Waals surface area (Å²) in [5, 5.41) is 14.1. The van der Waals surface area contributed by atoms with Gasteiger partial charge >= 0.3 is 0 Å². The molecule has 0 saturated carbocycles. The van der Waals surface area contributed by atoms with E-state index in [-0.39, 0.29) is 0 Å². The van der Waals surface area contributed by atoms with E-state index in [0.29, 0.717) is 11.6 Å². The lowest BCUT2D eigenvalue weighted by atomic mass is 10.1. The molecule has 1 aromatic heterocycles. The Balaban J connectivity index is 1.52. The molecule has 21 heavy (non-hydrogen) atoms. The van der Waals surface area contributed by atoms with Crippen molar-refractivity contribution in [2.45, 2.75) is 6.10 Å². The van der Waals surface area contributed by atoms with Gasteiger partial charge in [-0.25, -0.2) is 4.98 Å². The highest BCUT2D eigenvalue weighted by Crippen LogP contribution is 2.21. The Morgan fingerprint density at radius 3 is 2.52 bits per heavy atom. The third-order valence-corrected chi connectivity index (χ3v) is 4.83. The van der Waals surface area contributed by atoms with Gasteiger partial charge in [-0.05, 0) is 17.7 Å². The van der Waals surface area contributed by atoms with Crippen LogP contribution in [0.5, 0.6) is 0 Å². The Labute approximate surface area is 133 Å². The monoisotopic (exact) mass is 323 g/mol. The van der Waals surface area contributed by atoms with E-state index in [4.69, 9.17) is 11.6 Å². The van der Waals surface area contributed by atoms with E-state index in [2.05, 4.69) is 14.8 Å². The second kappa shape index (κ2) is 6.75. The summed E-state index contributed by atoms with van der Waals surface area (Å²) in [6.07, 6.45) is 1.38. The normalized spacial score (nSPS) is 17.9. The Morgan fingerprint density at radius 1 is 1.19 bits per heavy atom. The molecule has 0 amide bonds. The van der Waals surface area contributed by atoms with Crippen molar-refractivity contribution in [2.24, 2.45) is 0 Å². The molecule has 0 radical (unpaired) electrons. The molecule has 1 fully saturated rings. The molecule has 1 N–H and O–H groups in total. The number of aromatic nitrogens is 1. The van der Waals surface area contributed by atoms with Crippen LogP contribution in [0.4, 0.5) is 5.13 Å². The topological polar surface area (TPSA) is 39.6 Å². The Morgan fingerprint density at radius 2 is 1.90 bits per heavy atom. The molecule has 0 aliphatic carbocycles. The van der Waals surface area contributed by atoms with Crippen molar-refractivity contribution in [1.82, 2.24) is 9.88 Å². The van der Waals surface area contributed by atoms with Crippen LogP contribution in [0.25, 0.3) is 0 Å². The lowest BCUT2D eigenvalue weighted by molar-refractivity contribution is 0.109. The third kappa shape index (κ3) is 3.74. The minimum atomic E-state index is -0.464. The van der Waals surface area contributed by atoms with Gasteiger partial charge in [-0.3, -0.25) is 4.90 Å². The first-order valence-electron chi connectivity index (χ1n) is 7.03. The molecule has 1 saturated heterocycles. The van der Waals surface area contributed by atoms with Crippen LogP contribution in [0.2, 0.25) is 5.02 Å². The van der Waals surface area contributed by atoms with Gasteiger partial charge in [-0.2, -0.15) is 0 Å². The van der Waals surface area contributed by atoms with Gasteiger partial charge in [0.15, 0.2) is 5.13 Å². The Bertz CT molecular complexity index is 553. The second-order valence-corrected chi connectivity index (χ2v) is 6.48. The van der Waals surface area contributed by atoms with Crippen molar-refractivity contribution >= 4 is 28.1 Å². The van der Waals surface area contributed by atoms with Gasteiger partial charge in [0, 0.05) is 49.3 Å². The number of aliphatic hydroxyl groups excluding tert-OH is 1. The third-order valence-electron chi connectivity index (χ3n) is 3.75. The molecule has 0 unspecified atom stereocenters. The van der Waals surface area contributed by atoms with Crippen LogP contribution in [-0.2, 0) is 0 Å². The van der Waals surface area contributed by atoms with E-state index in [1.54, 1.807) is 11.3 Å². The fourth-order valence-corrected chi connectivity index (χ4v) is 3.35. The number of β-amino-alcohol motifs (C(OH)–C–C–N with tert-alkyl or cyclic N) is 1. The van der Waals surface area contributed by atoms with Crippen LogP contribution in [-0.4, -0.2) is 47.7 Å². The molecule has 2 aromatic rings. The predicted molar refractivity (Wildman–Crippen MR) is 87.2 cm³/mol.